The van der Waals surface area contributed by atoms with Gasteiger partial charge < -0.3 is 10.2 Å². The van der Waals surface area contributed by atoms with Crippen LogP contribution in [0.3, 0.4) is 0 Å². The molecule has 1 aliphatic heterocycles. The van der Waals surface area contributed by atoms with Crippen LogP contribution in [0.4, 0.5) is 0 Å². The zero-order chi connectivity index (χ0) is 21.5. The molecule has 0 unspecified atom stereocenters. The second-order valence-corrected chi connectivity index (χ2v) is 7.95. The molecule has 2 aromatic carbocycles. The van der Waals surface area contributed by atoms with Crippen LogP contribution in [-0.2, 0) is 4.79 Å². The van der Waals surface area contributed by atoms with Crippen molar-refractivity contribution in [2.24, 2.45) is 0 Å². The Kier molecular flexibility index (Phi) is 6.72. The van der Waals surface area contributed by atoms with Crippen LogP contribution in [0.15, 0.2) is 85.2 Å². The number of pyridine rings is 1. The quantitative estimate of drug-likeness (QED) is 0.664. The fourth-order valence-corrected chi connectivity index (χ4v) is 4.14. The van der Waals surface area contributed by atoms with Crippen LogP contribution < -0.4 is 5.32 Å². The van der Waals surface area contributed by atoms with Crippen LogP contribution in [0.2, 0.25) is 0 Å². The number of piperidine rings is 1. The van der Waals surface area contributed by atoms with Gasteiger partial charge in [0.25, 0.3) is 5.91 Å². The van der Waals surface area contributed by atoms with E-state index in [-0.39, 0.29) is 23.8 Å². The van der Waals surface area contributed by atoms with Crippen molar-refractivity contribution in [1.29, 1.82) is 0 Å². The molecule has 5 nitrogen and oxygen atoms in total. The molecule has 158 valence electrons. The summed E-state index contributed by atoms with van der Waals surface area (Å²) in [5.41, 5.74) is 2.87. The van der Waals surface area contributed by atoms with Crippen molar-refractivity contribution in [3.05, 3.63) is 102 Å². The molecule has 31 heavy (non-hydrogen) atoms. The normalized spacial score (nSPS) is 14.4. The maximum absolute atomic E-state index is 13.1. The Morgan fingerprint density at radius 1 is 0.903 bits per heavy atom. The predicted molar refractivity (Wildman–Crippen MR) is 121 cm³/mol. The lowest BCUT2D eigenvalue weighted by Crippen LogP contribution is -2.46. The van der Waals surface area contributed by atoms with Gasteiger partial charge in [-0.1, -0.05) is 60.7 Å². The van der Waals surface area contributed by atoms with E-state index in [4.69, 9.17) is 0 Å². The molecule has 3 aromatic rings. The van der Waals surface area contributed by atoms with Gasteiger partial charge in [0.1, 0.15) is 0 Å². The third-order valence-electron chi connectivity index (χ3n) is 5.89. The second kappa shape index (κ2) is 10.0. The van der Waals surface area contributed by atoms with Crippen molar-refractivity contribution in [3.8, 4) is 0 Å². The maximum Gasteiger partial charge on any atom is 0.253 e. The van der Waals surface area contributed by atoms with Crippen molar-refractivity contribution in [2.75, 3.05) is 13.1 Å². The van der Waals surface area contributed by atoms with Crippen LogP contribution >= 0.6 is 0 Å². The fourth-order valence-electron chi connectivity index (χ4n) is 4.14. The van der Waals surface area contributed by atoms with Gasteiger partial charge in [-0.2, -0.15) is 0 Å². The number of carbonyl (C=O) groups excluding carboxylic acids is 2. The topological polar surface area (TPSA) is 62.3 Å². The molecule has 0 aliphatic carbocycles. The second-order valence-electron chi connectivity index (χ2n) is 7.95. The lowest BCUT2D eigenvalue weighted by molar-refractivity contribution is -0.132. The van der Waals surface area contributed by atoms with Crippen molar-refractivity contribution < 1.29 is 9.59 Å². The molecule has 0 spiro atoms. The molecular formula is C26H27N3O2. The molecule has 1 N–H and O–H groups in total. The third kappa shape index (κ3) is 5.37. The highest BCUT2D eigenvalue weighted by Crippen LogP contribution is 2.29. The lowest BCUT2D eigenvalue weighted by Gasteiger charge is -2.33. The highest BCUT2D eigenvalue weighted by molar-refractivity contribution is 5.94. The summed E-state index contributed by atoms with van der Waals surface area (Å²) < 4.78 is 0. The van der Waals surface area contributed by atoms with Gasteiger partial charge in [-0.25, -0.2) is 0 Å². The van der Waals surface area contributed by atoms with Gasteiger partial charge in [0.15, 0.2) is 0 Å². The number of hydrogen-bond acceptors (Lipinski definition) is 3. The van der Waals surface area contributed by atoms with Gasteiger partial charge in [-0.05, 0) is 36.1 Å². The third-order valence-corrected chi connectivity index (χ3v) is 5.89. The molecule has 0 atom stereocenters. The van der Waals surface area contributed by atoms with E-state index in [2.05, 4.69) is 34.6 Å². The lowest BCUT2D eigenvalue weighted by atomic mass is 9.88. The molecule has 1 fully saturated rings. The molecule has 0 bridgehead atoms. The van der Waals surface area contributed by atoms with E-state index in [9.17, 15) is 9.59 Å². The number of carbonyl (C=O) groups is 2. The minimum absolute atomic E-state index is 0.0397. The van der Waals surface area contributed by atoms with Gasteiger partial charge in [0.05, 0.1) is 5.56 Å². The van der Waals surface area contributed by atoms with E-state index in [1.807, 2.05) is 41.3 Å². The highest BCUT2D eigenvalue weighted by atomic mass is 16.2. The number of hydrogen-bond donors (Lipinski definition) is 1. The summed E-state index contributed by atoms with van der Waals surface area (Å²) in [6.07, 6.45) is 5.19. The highest BCUT2D eigenvalue weighted by Gasteiger charge is 2.27. The van der Waals surface area contributed by atoms with E-state index in [1.165, 1.54) is 0 Å². The summed E-state index contributed by atoms with van der Waals surface area (Å²) in [6, 6.07) is 24.0. The van der Waals surface area contributed by atoms with Crippen molar-refractivity contribution in [1.82, 2.24) is 15.2 Å². The maximum atomic E-state index is 13.1. The SMILES string of the molecule is O=C(NC1CCN(C(=O)CC(c2ccccc2)c2ccccc2)CC1)c1cccnc1. The molecule has 4 rings (SSSR count). The van der Waals surface area contributed by atoms with Gasteiger partial charge in [0.2, 0.25) is 5.91 Å². The van der Waals surface area contributed by atoms with Crippen LogP contribution in [-0.4, -0.2) is 40.8 Å². The smallest absolute Gasteiger partial charge is 0.253 e. The number of benzene rings is 2. The number of nitrogens with one attached hydrogen (secondary N) is 1. The zero-order valence-electron chi connectivity index (χ0n) is 17.5. The van der Waals surface area contributed by atoms with Gasteiger partial charge in [-0.15, -0.1) is 0 Å². The Morgan fingerprint density at radius 3 is 2.06 bits per heavy atom. The summed E-state index contributed by atoms with van der Waals surface area (Å²) in [7, 11) is 0. The first kappa shape index (κ1) is 20.8. The van der Waals surface area contributed by atoms with E-state index in [0.717, 1.165) is 24.0 Å². The Hall–Kier alpha value is -3.47. The summed E-state index contributed by atoms with van der Waals surface area (Å²) in [5, 5.41) is 3.07. The van der Waals surface area contributed by atoms with E-state index < -0.39 is 0 Å². The number of nitrogens with zero attached hydrogens (tertiary/aromatic N) is 2. The number of rotatable bonds is 6. The van der Waals surface area contributed by atoms with Crippen molar-refractivity contribution in [3.63, 3.8) is 0 Å². The first-order chi connectivity index (χ1) is 15.2. The van der Waals surface area contributed by atoms with Gasteiger partial charge in [-0.3, -0.25) is 14.6 Å². The number of likely N-dealkylation sites (tertiary alicyclic amines) is 1. The Bertz CT molecular complexity index is 945. The molecule has 1 aliphatic rings. The molecule has 5 heteroatoms. The Morgan fingerprint density at radius 2 is 1.52 bits per heavy atom. The zero-order valence-corrected chi connectivity index (χ0v) is 17.5. The number of aromatic nitrogens is 1. The molecule has 0 saturated carbocycles. The minimum Gasteiger partial charge on any atom is -0.349 e. The van der Waals surface area contributed by atoms with Crippen LogP contribution in [0, 0.1) is 0 Å². The molecule has 0 radical (unpaired) electrons. The average molecular weight is 414 g/mol. The number of amides is 2. The molecule has 2 heterocycles. The monoisotopic (exact) mass is 413 g/mol. The summed E-state index contributed by atoms with van der Waals surface area (Å²) in [6.45, 7) is 1.32. The van der Waals surface area contributed by atoms with E-state index in [1.54, 1.807) is 24.5 Å². The minimum atomic E-state index is -0.105. The van der Waals surface area contributed by atoms with Gasteiger partial charge in [0, 0.05) is 43.9 Å². The standard InChI is InChI=1S/C26H27N3O2/c30-25(18-24(20-8-3-1-4-9-20)21-10-5-2-6-11-21)29-16-13-23(14-17-29)28-26(31)22-12-7-15-27-19-22/h1-12,15,19,23-24H,13-14,16-18H2,(H,28,31). The summed E-state index contributed by atoms with van der Waals surface area (Å²) in [5.74, 6) is 0.0961. The fraction of sp³-hybridized carbons (Fsp3) is 0.269. The summed E-state index contributed by atoms with van der Waals surface area (Å²) in [4.78, 5) is 31.4. The Balaban J connectivity index is 1.36. The molecule has 1 aromatic heterocycles. The van der Waals surface area contributed by atoms with Crippen molar-refractivity contribution >= 4 is 11.8 Å². The van der Waals surface area contributed by atoms with E-state index in [0.29, 0.717) is 25.1 Å². The molecular weight excluding hydrogens is 386 g/mol. The predicted octanol–water partition coefficient (Wildman–Crippen LogP) is 4.02. The molecule has 2 amide bonds. The van der Waals surface area contributed by atoms with Gasteiger partial charge >= 0.3 is 0 Å². The summed E-state index contributed by atoms with van der Waals surface area (Å²) >= 11 is 0. The first-order valence-corrected chi connectivity index (χ1v) is 10.8. The van der Waals surface area contributed by atoms with Crippen LogP contribution in [0.5, 0.6) is 0 Å². The Labute approximate surface area is 183 Å². The molecule has 1 saturated heterocycles. The van der Waals surface area contributed by atoms with Crippen LogP contribution in [0.25, 0.3) is 0 Å². The van der Waals surface area contributed by atoms with Crippen molar-refractivity contribution in [2.45, 2.75) is 31.2 Å². The largest absolute Gasteiger partial charge is 0.349 e. The van der Waals surface area contributed by atoms with E-state index >= 15 is 0 Å². The average Bonchev–Trinajstić information content (AvgIpc) is 2.84. The first-order valence-electron chi connectivity index (χ1n) is 10.8. The van der Waals surface area contributed by atoms with Crippen LogP contribution in [0.1, 0.15) is 46.7 Å².